The molecule has 3 nitrogen and oxygen atoms in total. The van der Waals surface area contributed by atoms with Gasteiger partial charge in [0.2, 0.25) is 0 Å². The number of sulfone groups is 1. The fraction of sp³-hybridized carbons (Fsp3) is 0.417. The van der Waals surface area contributed by atoms with Gasteiger partial charge in [-0.05, 0) is 24.1 Å². The molecule has 1 rings (SSSR count). The van der Waals surface area contributed by atoms with E-state index in [1.807, 2.05) is 0 Å². The third-order valence-electron chi connectivity index (χ3n) is 2.54. The average molecular weight is 312 g/mol. The Morgan fingerprint density at radius 2 is 1.85 bits per heavy atom. The van der Waals surface area contributed by atoms with Crippen molar-refractivity contribution in [3.63, 3.8) is 0 Å². The molecule has 0 spiro atoms. The van der Waals surface area contributed by atoms with E-state index in [1.54, 1.807) is 6.92 Å². The van der Waals surface area contributed by atoms with Gasteiger partial charge >= 0.3 is 5.51 Å². The first-order chi connectivity index (χ1) is 9.09. The monoisotopic (exact) mass is 312 g/mol. The van der Waals surface area contributed by atoms with Gasteiger partial charge in [0, 0.05) is 12.8 Å². The number of benzene rings is 1. The highest BCUT2D eigenvalue weighted by atomic mass is 32.2. The summed E-state index contributed by atoms with van der Waals surface area (Å²) in [5.41, 5.74) is -5.88. The van der Waals surface area contributed by atoms with E-state index >= 15 is 0 Å². The fourth-order valence-electron chi connectivity index (χ4n) is 1.63. The minimum absolute atomic E-state index is 0.114. The standard InChI is InChI=1S/C12H12F4O3S/c1-2-3-10(17)6-8-4-5-9(13)7-11(8)20(18,19)12(14,15)16/h4-5,7H,2-3,6H2,1H3. The molecule has 0 saturated heterocycles. The van der Waals surface area contributed by atoms with Gasteiger partial charge in [-0.3, -0.25) is 4.79 Å². The molecule has 0 heterocycles. The molecule has 1 aromatic carbocycles. The molecule has 0 N–H and O–H groups in total. The van der Waals surface area contributed by atoms with Crippen LogP contribution in [0.1, 0.15) is 25.3 Å². The molecule has 1 aromatic rings. The molecule has 0 fully saturated rings. The van der Waals surface area contributed by atoms with Gasteiger partial charge in [-0.1, -0.05) is 13.0 Å². The maximum atomic E-state index is 13.0. The van der Waals surface area contributed by atoms with Crippen molar-refractivity contribution in [1.29, 1.82) is 0 Å². The van der Waals surface area contributed by atoms with Crippen molar-refractivity contribution in [2.45, 2.75) is 36.6 Å². The van der Waals surface area contributed by atoms with E-state index in [9.17, 15) is 30.8 Å². The quantitative estimate of drug-likeness (QED) is 0.785. The second-order valence-electron chi connectivity index (χ2n) is 4.17. The van der Waals surface area contributed by atoms with Gasteiger partial charge in [-0.15, -0.1) is 0 Å². The smallest absolute Gasteiger partial charge is 0.299 e. The van der Waals surface area contributed by atoms with Crippen LogP contribution >= 0.6 is 0 Å². The van der Waals surface area contributed by atoms with Crippen LogP contribution in [0.3, 0.4) is 0 Å². The zero-order valence-corrected chi connectivity index (χ0v) is 11.3. The predicted octanol–water partition coefficient (Wildman–Crippen LogP) is 3.03. The van der Waals surface area contributed by atoms with Crippen LogP contribution in [0, 0.1) is 5.82 Å². The number of hydrogen-bond acceptors (Lipinski definition) is 3. The van der Waals surface area contributed by atoms with Gasteiger partial charge in [0.1, 0.15) is 11.6 Å². The molecule has 0 aliphatic rings. The molecule has 0 amide bonds. The summed E-state index contributed by atoms with van der Waals surface area (Å²) in [5, 5.41) is 0. The Balaban J connectivity index is 3.32. The largest absolute Gasteiger partial charge is 0.501 e. The minimum Gasteiger partial charge on any atom is -0.299 e. The van der Waals surface area contributed by atoms with Crippen LogP contribution in [-0.2, 0) is 21.1 Å². The highest BCUT2D eigenvalue weighted by molar-refractivity contribution is 7.92. The van der Waals surface area contributed by atoms with Crippen LogP contribution in [0.2, 0.25) is 0 Å². The Bertz CT molecular complexity index is 606. The molecule has 20 heavy (non-hydrogen) atoms. The zero-order valence-electron chi connectivity index (χ0n) is 10.5. The number of halogens is 4. The molecule has 0 aromatic heterocycles. The SMILES string of the molecule is CCCC(=O)Cc1ccc(F)cc1S(=O)(=O)C(F)(F)F. The molecule has 0 unspecified atom stereocenters. The van der Waals surface area contributed by atoms with Crippen molar-refractivity contribution in [1.82, 2.24) is 0 Å². The number of alkyl halides is 3. The highest BCUT2D eigenvalue weighted by Crippen LogP contribution is 2.32. The summed E-state index contributed by atoms with van der Waals surface area (Å²) in [4.78, 5) is 10.3. The highest BCUT2D eigenvalue weighted by Gasteiger charge is 2.48. The Hall–Kier alpha value is -1.44. The van der Waals surface area contributed by atoms with Gasteiger partial charge in [0.05, 0.1) is 4.90 Å². The van der Waals surface area contributed by atoms with Crippen molar-refractivity contribution in [3.05, 3.63) is 29.6 Å². The molecule has 8 heteroatoms. The topological polar surface area (TPSA) is 51.2 Å². The maximum absolute atomic E-state index is 13.0. The second kappa shape index (κ2) is 5.90. The van der Waals surface area contributed by atoms with Crippen molar-refractivity contribution >= 4 is 15.6 Å². The predicted molar refractivity (Wildman–Crippen MR) is 63.3 cm³/mol. The second-order valence-corrected chi connectivity index (χ2v) is 6.08. The van der Waals surface area contributed by atoms with Crippen LogP contribution in [-0.4, -0.2) is 19.7 Å². The van der Waals surface area contributed by atoms with Crippen LogP contribution in [0.15, 0.2) is 23.1 Å². The molecule has 112 valence electrons. The number of ketones is 1. The van der Waals surface area contributed by atoms with Gasteiger partial charge in [0.25, 0.3) is 9.84 Å². The summed E-state index contributed by atoms with van der Waals surface area (Å²) in [6.07, 6.45) is 0.128. The minimum atomic E-state index is -5.68. The third-order valence-corrected chi connectivity index (χ3v) is 4.11. The summed E-state index contributed by atoms with van der Waals surface area (Å²) in [6.45, 7) is 1.70. The van der Waals surface area contributed by atoms with Gasteiger partial charge in [-0.25, -0.2) is 12.8 Å². The first kappa shape index (κ1) is 16.6. The van der Waals surface area contributed by atoms with E-state index in [4.69, 9.17) is 0 Å². The average Bonchev–Trinajstić information content (AvgIpc) is 2.30. The molecule has 0 aliphatic carbocycles. The Morgan fingerprint density at radius 3 is 2.35 bits per heavy atom. The van der Waals surface area contributed by atoms with E-state index in [2.05, 4.69) is 0 Å². The number of rotatable bonds is 5. The molecule has 0 bridgehead atoms. The molecular weight excluding hydrogens is 300 g/mol. The molecule has 0 aliphatic heterocycles. The van der Waals surface area contributed by atoms with Crippen LogP contribution in [0.4, 0.5) is 17.6 Å². The lowest BCUT2D eigenvalue weighted by molar-refractivity contribution is -0.118. The van der Waals surface area contributed by atoms with Crippen molar-refractivity contribution in [3.8, 4) is 0 Å². The summed E-state index contributed by atoms with van der Waals surface area (Å²) < 4.78 is 73.3. The lowest BCUT2D eigenvalue weighted by Gasteiger charge is -2.12. The number of Topliss-reactive ketones (excluding diaryl/α,β-unsaturated/α-hetero) is 1. The zero-order chi connectivity index (χ0) is 15.6. The first-order valence-corrected chi connectivity index (χ1v) is 7.19. The fourth-order valence-corrected chi connectivity index (χ4v) is 2.63. The molecular formula is C12H12F4O3S. The molecule has 0 atom stereocenters. The van der Waals surface area contributed by atoms with E-state index in [-0.39, 0.29) is 18.1 Å². The van der Waals surface area contributed by atoms with Crippen LogP contribution in [0.5, 0.6) is 0 Å². The van der Waals surface area contributed by atoms with Gasteiger partial charge in [0.15, 0.2) is 0 Å². The summed E-state index contributed by atoms with van der Waals surface area (Å²) in [6, 6.07) is 2.00. The van der Waals surface area contributed by atoms with E-state index in [0.29, 0.717) is 6.42 Å². The maximum Gasteiger partial charge on any atom is 0.501 e. The Kier molecular flexibility index (Phi) is 4.90. The molecule has 0 radical (unpaired) electrons. The van der Waals surface area contributed by atoms with Crippen LogP contribution < -0.4 is 0 Å². The lowest BCUT2D eigenvalue weighted by atomic mass is 10.1. The van der Waals surface area contributed by atoms with Crippen molar-refractivity contribution in [2.24, 2.45) is 0 Å². The number of carbonyl (C=O) groups excluding carboxylic acids is 1. The lowest BCUT2D eigenvalue weighted by Crippen LogP contribution is -2.25. The van der Waals surface area contributed by atoms with Gasteiger partial charge < -0.3 is 0 Å². The third kappa shape index (κ3) is 3.56. The Labute approximate surface area is 113 Å². The van der Waals surface area contributed by atoms with Gasteiger partial charge in [-0.2, -0.15) is 13.2 Å². The Morgan fingerprint density at radius 1 is 1.25 bits per heavy atom. The first-order valence-electron chi connectivity index (χ1n) is 5.71. The number of carbonyl (C=O) groups is 1. The van der Waals surface area contributed by atoms with Crippen molar-refractivity contribution < 1.29 is 30.8 Å². The summed E-state index contributed by atoms with van der Waals surface area (Å²) >= 11 is 0. The normalized spacial score (nSPS) is 12.4. The van der Waals surface area contributed by atoms with Crippen molar-refractivity contribution in [2.75, 3.05) is 0 Å². The summed E-state index contributed by atoms with van der Waals surface area (Å²) in [5.74, 6) is -1.52. The van der Waals surface area contributed by atoms with E-state index in [1.165, 1.54) is 0 Å². The van der Waals surface area contributed by atoms with Crippen LogP contribution in [0.25, 0.3) is 0 Å². The molecule has 0 saturated carbocycles. The summed E-state index contributed by atoms with van der Waals surface area (Å²) in [7, 11) is -5.68. The number of hydrogen-bond donors (Lipinski definition) is 0. The van der Waals surface area contributed by atoms with E-state index < -0.39 is 38.3 Å². The van der Waals surface area contributed by atoms with E-state index in [0.717, 1.165) is 12.1 Å².